The highest BCUT2D eigenvalue weighted by atomic mass is 16.2. The van der Waals surface area contributed by atoms with Crippen LogP contribution in [0.1, 0.15) is 54.1 Å². The van der Waals surface area contributed by atoms with Crippen molar-refractivity contribution < 1.29 is 9.59 Å². The summed E-state index contributed by atoms with van der Waals surface area (Å²) in [6.45, 7) is 5.60. The van der Waals surface area contributed by atoms with Crippen molar-refractivity contribution in [1.82, 2.24) is 4.90 Å². The Morgan fingerprint density at radius 2 is 1.32 bits per heavy atom. The lowest BCUT2D eigenvalue weighted by Gasteiger charge is -2.22. The van der Waals surface area contributed by atoms with E-state index in [2.05, 4.69) is 19.2 Å². The number of hydrogen-bond acceptors (Lipinski definition) is 2. The summed E-state index contributed by atoms with van der Waals surface area (Å²) >= 11 is 0. The molecule has 0 spiro atoms. The highest BCUT2D eigenvalue weighted by Crippen LogP contribution is 2.26. The molecule has 31 heavy (non-hydrogen) atoms. The Bertz CT molecular complexity index is 941. The third-order valence-electron chi connectivity index (χ3n) is 5.18. The Morgan fingerprint density at radius 3 is 1.84 bits per heavy atom. The Labute approximate surface area is 184 Å². The molecule has 4 nitrogen and oxygen atoms in total. The van der Waals surface area contributed by atoms with Crippen LogP contribution in [0.4, 0.5) is 5.69 Å². The second kappa shape index (κ2) is 11.1. The summed E-state index contributed by atoms with van der Waals surface area (Å²) in [4.78, 5) is 28.2. The number of benzene rings is 3. The minimum atomic E-state index is -0.432. The van der Waals surface area contributed by atoms with Crippen LogP contribution in [-0.2, 0) is 4.79 Å². The monoisotopic (exact) mass is 414 g/mol. The van der Waals surface area contributed by atoms with Gasteiger partial charge >= 0.3 is 0 Å². The van der Waals surface area contributed by atoms with E-state index in [0.717, 1.165) is 37.1 Å². The smallest absolute Gasteiger partial charge is 0.253 e. The Hall–Kier alpha value is -3.40. The molecule has 0 unspecified atom stereocenters. The van der Waals surface area contributed by atoms with Gasteiger partial charge in [-0.2, -0.15) is 0 Å². The molecule has 1 N–H and O–H groups in total. The molecular formula is C27H30N2O2. The van der Waals surface area contributed by atoms with Gasteiger partial charge in [0.25, 0.3) is 5.91 Å². The van der Waals surface area contributed by atoms with Gasteiger partial charge in [0.1, 0.15) is 0 Å². The second-order valence-electron chi connectivity index (χ2n) is 7.62. The Kier molecular flexibility index (Phi) is 7.99. The van der Waals surface area contributed by atoms with E-state index in [9.17, 15) is 9.59 Å². The summed E-state index contributed by atoms with van der Waals surface area (Å²) in [5.74, 6) is -0.554. The number of nitrogens with one attached hydrogen (secondary N) is 1. The van der Waals surface area contributed by atoms with Gasteiger partial charge in [-0.15, -0.1) is 0 Å². The van der Waals surface area contributed by atoms with Crippen LogP contribution in [0.25, 0.3) is 0 Å². The number of anilines is 1. The van der Waals surface area contributed by atoms with Gasteiger partial charge in [-0.1, -0.05) is 80.6 Å². The van der Waals surface area contributed by atoms with Crippen LogP contribution in [0.5, 0.6) is 0 Å². The zero-order valence-electron chi connectivity index (χ0n) is 18.3. The molecule has 0 radical (unpaired) electrons. The minimum absolute atomic E-state index is 0.00228. The van der Waals surface area contributed by atoms with Crippen LogP contribution < -0.4 is 5.32 Å². The van der Waals surface area contributed by atoms with E-state index in [0.29, 0.717) is 11.3 Å². The molecule has 2 amide bonds. The van der Waals surface area contributed by atoms with Crippen LogP contribution in [0.15, 0.2) is 84.9 Å². The number of nitrogens with zero attached hydrogens (tertiary/aromatic N) is 1. The molecule has 0 aliphatic rings. The summed E-state index contributed by atoms with van der Waals surface area (Å²) < 4.78 is 0. The van der Waals surface area contributed by atoms with Crippen molar-refractivity contribution in [3.63, 3.8) is 0 Å². The van der Waals surface area contributed by atoms with E-state index >= 15 is 0 Å². The van der Waals surface area contributed by atoms with Crippen molar-refractivity contribution in [2.75, 3.05) is 18.4 Å². The van der Waals surface area contributed by atoms with Crippen molar-refractivity contribution in [2.45, 2.75) is 32.6 Å². The van der Waals surface area contributed by atoms with Crippen LogP contribution >= 0.6 is 0 Å². The van der Waals surface area contributed by atoms with Crippen LogP contribution in [0, 0.1) is 0 Å². The lowest BCUT2D eigenvalue weighted by molar-refractivity contribution is -0.116. The highest BCUT2D eigenvalue weighted by molar-refractivity contribution is 6.00. The molecule has 0 fully saturated rings. The topological polar surface area (TPSA) is 49.4 Å². The number of amides is 2. The summed E-state index contributed by atoms with van der Waals surface area (Å²) in [5.41, 5.74) is 3.07. The third kappa shape index (κ3) is 5.82. The van der Waals surface area contributed by atoms with E-state index in [1.807, 2.05) is 83.8 Å². The number of carbonyl (C=O) groups is 2. The maximum atomic E-state index is 13.3. The van der Waals surface area contributed by atoms with Gasteiger partial charge in [-0.3, -0.25) is 9.59 Å². The molecule has 3 aromatic rings. The molecule has 0 heterocycles. The molecule has 4 heteroatoms. The van der Waals surface area contributed by atoms with Crippen molar-refractivity contribution in [3.8, 4) is 0 Å². The molecule has 3 rings (SSSR count). The summed E-state index contributed by atoms with van der Waals surface area (Å²) in [6.07, 6.45) is 1.83. The fourth-order valence-electron chi connectivity index (χ4n) is 3.77. The van der Waals surface area contributed by atoms with Gasteiger partial charge in [0.15, 0.2) is 0 Å². The lowest BCUT2D eigenvalue weighted by Crippen LogP contribution is -2.32. The quantitative estimate of drug-likeness (QED) is 0.487. The van der Waals surface area contributed by atoms with Crippen molar-refractivity contribution in [2.24, 2.45) is 0 Å². The Morgan fingerprint density at radius 1 is 0.774 bits per heavy atom. The average Bonchev–Trinajstić information content (AvgIpc) is 2.80. The molecule has 0 atom stereocenters. The normalized spacial score (nSPS) is 10.7. The highest BCUT2D eigenvalue weighted by Gasteiger charge is 2.23. The summed E-state index contributed by atoms with van der Waals surface area (Å²) in [6, 6.07) is 26.7. The first kappa shape index (κ1) is 22.3. The van der Waals surface area contributed by atoms with Crippen LogP contribution in [0.2, 0.25) is 0 Å². The van der Waals surface area contributed by atoms with Gasteiger partial charge in [0, 0.05) is 24.3 Å². The fraction of sp³-hybridized carbons (Fsp3) is 0.259. The fourth-order valence-corrected chi connectivity index (χ4v) is 3.77. The number of hydrogen-bond donors (Lipinski definition) is 1. The largest absolute Gasteiger partial charge is 0.339 e. The molecular weight excluding hydrogens is 384 g/mol. The zero-order valence-corrected chi connectivity index (χ0v) is 18.3. The predicted molar refractivity (Wildman–Crippen MR) is 126 cm³/mol. The number of rotatable bonds is 9. The first-order valence-corrected chi connectivity index (χ1v) is 10.9. The average molecular weight is 415 g/mol. The predicted octanol–water partition coefficient (Wildman–Crippen LogP) is 5.72. The molecule has 0 saturated heterocycles. The van der Waals surface area contributed by atoms with E-state index in [1.54, 1.807) is 6.07 Å². The van der Waals surface area contributed by atoms with E-state index in [-0.39, 0.29) is 11.8 Å². The maximum absolute atomic E-state index is 13.3. The van der Waals surface area contributed by atoms with Gasteiger partial charge in [-0.05, 0) is 42.2 Å². The standard InChI is InChI=1S/C27H30N2O2/c1-3-18-29(19-4-2)27(31)23-16-11-17-24(20-23)28-26(30)25(21-12-7-5-8-13-21)22-14-9-6-10-15-22/h5-17,20,25H,3-4,18-19H2,1-2H3,(H,28,30). The van der Waals surface area contributed by atoms with Crippen LogP contribution in [-0.4, -0.2) is 29.8 Å². The van der Waals surface area contributed by atoms with Crippen LogP contribution in [0.3, 0.4) is 0 Å². The summed E-state index contributed by atoms with van der Waals surface area (Å²) in [5, 5.41) is 3.03. The van der Waals surface area contributed by atoms with E-state index < -0.39 is 5.92 Å². The molecule has 3 aromatic carbocycles. The molecule has 0 aromatic heterocycles. The van der Waals surface area contributed by atoms with E-state index in [4.69, 9.17) is 0 Å². The maximum Gasteiger partial charge on any atom is 0.253 e. The second-order valence-corrected chi connectivity index (χ2v) is 7.62. The first-order valence-electron chi connectivity index (χ1n) is 10.9. The molecule has 0 aliphatic carbocycles. The summed E-state index contributed by atoms with van der Waals surface area (Å²) in [7, 11) is 0. The molecule has 0 saturated carbocycles. The molecule has 0 bridgehead atoms. The SMILES string of the molecule is CCCN(CCC)C(=O)c1cccc(NC(=O)C(c2ccccc2)c2ccccc2)c1. The van der Waals surface area contributed by atoms with Crippen molar-refractivity contribution >= 4 is 17.5 Å². The molecule has 0 aliphatic heterocycles. The van der Waals surface area contributed by atoms with Crippen molar-refractivity contribution in [1.29, 1.82) is 0 Å². The van der Waals surface area contributed by atoms with E-state index in [1.165, 1.54) is 0 Å². The lowest BCUT2D eigenvalue weighted by atomic mass is 9.90. The number of carbonyl (C=O) groups excluding carboxylic acids is 2. The zero-order chi connectivity index (χ0) is 22.1. The first-order chi connectivity index (χ1) is 15.1. The third-order valence-corrected chi connectivity index (χ3v) is 5.18. The minimum Gasteiger partial charge on any atom is -0.339 e. The van der Waals surface area contributed by atoms with Gasteiger partial charge in [0.2, 0.25) is 5.91 Å². The Balaban J connectivity index is 1.84. The molecule has 160 valence electrons. The van der Waals surface area contributed by atoms with Gasteiger partial charge in [0.05, 0.1) is 5.92 Å². The van der Waals surface area contributed by atoms with Gasteiger partial charge in [-0.25, -0.2) is 0 Å². The van der Waals surface area contributed by atoms with Crippen molar-refractivity contribution in [3.05, 3.63) is 102 Å². The van der Waals surface area contributed by atoms with Gasteiger partial charge < -0.3 is 10.2 Å².